The number of fused-ring (bicyclic) bond motifs is 1. The van der Waals surface area contributed by atoms with Gasteiger partial charge in [-0.3, -0.25) is 19.3 Å². The summed E-state index contributed by atoms with van der Waals surface area (Å²) in [4.78, 5) is 36.9. The average molecular weight is 404 g/mol. The minimum atomic E-state index is -0.718. The van der Waals surface area contributed by atoms with Gasteiger partial charge in [0.2, 0.25) is 0 Å². The molecule has 0 saturated carbocycles. The summed E-state index contributed by atoms with van der Waals surface area (Å²) in [6.45, 7) is -0.0662. The second-order valence-electron chi connectivity index (χ2n) is 5.26. The largest absolute Gasteiger partial charge is 0.490 e. The molecule has 0 aromatic heterocycles. The molecule has 1 heterocycles. The highest BCUT2D eigenvalue weighted by Gasteiger charge is 2.36. The number of hydrogen-bond donors (Lipinski definition) is 0. The van der Waals surface area contributed by atoms with Crippen LogP contribution in [0.15, 0.2) is 53.0 Å². The molecular formula is C18H14BrNO5. The van der Waals surface area contributed by atoms with E-state index in [0.717, 1.165) is 9.37 Å². The van der Waals surface area contributed by atoms with Crippen molar-refractivity contribution in [2.24, 2.45) is 0 Å². The highest BCUT2D eigenvalue weighted by Crippen LogP contribution is 2.28. The fourth-order valence-corrected chi connectivity index (χ4v) is 2.69. The van der Waals surface area contributed by atoms with E-state index in [-0.39, 0.29) is 19.8 Å². The van der Waals surface area contributed by atoms with E-state index < -0.39 is 17.7 Å². The van der Waals surface area contributed by atoms with Crippen LogP contribution in [0.3, 0.4) is 0 Å². The van der Waals surface area contributed by atoms with Crippen molar-refractivity contribution < 1.29 is 23.9 Å². The van der Waals surface area contributed by atoms with E-state index in [0.29, 0.717) is 17.0 Å². The number of ketones is 1. The maximum Gasteiger partial charge on any atom is 0.326 e. The number of nitrogens with zero attached hydrogens (tertiary/aromatic N) is 1. The smallest absolute Gasteiger partial charge is 0.326 e. The first kappa shape index (κ1) is 17.2. The highest BCUT2D eigenvalue weighted by atomic mass is 79.9. The zero-order chi connectivity index (χ0) is 17.8. The summed E-state index contributed by atoms with van der Waals surface area (Å²) >= 11 is 3.33. The molecule has 0 saturated heterocycles. The number of anilines is 1. The van der Waals surface area contributed by atoms with Crippen LogP contribution in [0.25, 0.3) is 0 Å². The van der Waals surface area contributed by atoms with Gasteiger partial charge < -0.3 is 9.47 Å². The first-order valence-electron chi connectivity index (χ1n) is 7.55. The molecule has 2 aromatic carbocycles. The van der Waals surface area contributed by atoms with Crippen molar-refractivity contribution in [3.05, 3.63) is 58.6 Å². The topological polar surface area (TPSA) is 72.9 Å². The number of rotatable bonds is 6. The fourth-order valence-electron chi connectivity index (χ4n) is 2.43. The number of amides is 1. The Hall–Kier alpha value is -2.67. The summed E-state index contributed by atoms with van der Waals surface area (Å²) in [6.07, 6.45) is 0. The number of benzene rings is 2. The van der Waals surface area contributed by atoms with Gasteiger partial charge in [0.15, 0.2) is 0 Å². The van der Waals surface area contributed by atoms with Crippen molar-refractivity contribution in [3.8, 4) is 5.75 Å². The van der Waals surface area contributed by atoms with E-state index in [1.807, 2.05) is 12.1 Å². The van der Waals surface area contributed by atoms with Crippen LogP contribution in [0.2, 0.25) is 0 Å². The van der Waals surface area contributed by atoms with E-state index in [1.54, 1.807) is 36.4 Å². The predicted octanol–water partition coefficient (Wildman–Crippen LogP) is 2.60. The van der Waals surface area contributed by atoms with Gasteiger partial charge in [0.25, 0.3) is 11.7 Å². The Balaban J connectivity index is 1.49. The molecule has 128 valence electrons. The van der Waals surface area contributed by atoms with E-state index in [9.17, 15) is 14.4 Å². The van der Waals surface area contributed by atoms with Crippen LogP contribution in [0.4, 0.5) is 5.69 Å². The van der Waals surface area contributed by atoms with Crippen LogP contribution < -0.4 is 9.64 Å². The Morgan fingerprint density at radius 1 is 1.00 bits per heavy atom. The maximum absolute atomic E-state index is 12.0. The number of carbonyl (C=O) groups excluding carboxylic acids is 3. The van der Waals surface area contributed by atoms with Gasteiger partial charge in [-0.05, 0) is 36.4 Å². The van der Waals surface area contributed by atoms with E-state index in [2.05, 4.69) is 15.9 Å². The van der Waals surface area contributed by atoms with Crippen LogP contribution in [0.5, 0.6) is 5.75 Å². The number of carbonyl (C=O) groups is 3. The lowest BCUT2D eigenvalue weighted by atomic mass is 10.1. The van der Waals surface area contributed by atoms with Gasteiger partial charge in [0.05, 0.1) is 11.3 Å². The lowest BCUT2D eigenvalue weighted by Gasteiger charge is -2.15. The first-order valence-corrected chi connectivity index (χ1v) is 8.35. The van der Waals surface area contributed by atoms with Crippen molar-refractivity contribution in [1.29, 1.82) is 0 Å². The normalized spacial score (nSPS) is 12.9. The number of halogens is 1. The highest BCUT2D eigenvalue weighted by molar-refractivity contribution is 9.10. The van der Waals surface area contributed by atoms with Crippen LogP contribution in [-0.2, 0) is 14.3 Å². The molecule has 1 amide bonds. The van der Waals surface area contributed by atoms with E-state index in [1.165, 1.54) is 0 Å². The number of Topliss-reactive ketones (excluding diaryl/α,β-unsaturated/α-hetero) is 1. The van der Waals surface area contributed by atoms with Gasteiger partial charge >= 0.3 is 5.97 Å². The van der Waals surface area contributed by atoms with Gasteiger partial charge in [-0.1, -0.05) is 28.1 Å². The third kappa shape index (κ3) is 3.88. The Bertz CT molecular complexity index is 818. The average Bonchev–Trinajstić information content (AvgIpc) is 2.86. The molecule has 7 heteroatoms. The lowest BCUT2D eigenvalue weighted by Crippen LogP contribution is -2.35. The number of esters is 1. The molecule has 0 bridgehead atoms. The summed E-state index contributed by atoms with van der Waals surface area (Å²) in [5.41, 5.74) is 0.736. The predicted molar refractivity (Wildman–Crippen MR) is 93.7 cm³/mol. The molecule has 0 atom stereocenters. The summed E-state index contributed by atoms with van der Waals surface area (Å²) in [6, 6.07) is 13.8. The lowest BCUT2D eigenvalue weighted by molar-refractivity contribution is -0.143. The van der Waals surface area contributed by atoms with Crippen molar-refractivity contribution in [3.63, 3.8) is 0 Å². The molecule has 0 radical (unpaired) electrons. The van der Waals surface area contributed by atoms with E-state index >= 15 is 0 Å². The minimum Gasteiger partial charge on any atom is -0.490 e. The van der Waals surface area contributed by atoms with Gasteiger partial charge in [-0.2, -0.15) is 0 Å². The maximum atomic E-state index is 12.0. The van der Waals surface area contributed by atoms with Crippen LogP contribution in [0.1, 0.15) is 10.4 Å². The third-order valence-electron chi connectivity index (χ3n) is 3.59. The molecular weight excluding hydrogens is 390 g/mol. The third-order valence-corrected chi connectivity index (χ3v) is 4.12. The quantitative estimate of drug-likeness (QED) is 0.421. The molecule has 3 rings (SSSR count). The fraction of sp³-hybridized carbons (Fsp3) is 0.167. The molecule has 25 heavy (non-hydrogen) atoms. The number of para-hydroxylation sites is 1. The second-order valence-corrected chi connectivity index (χ2v) is 6.18. The van der Waals surface area contributed by atoms with Gasteiger partial charge in [-0.15, -0.1) is 0 Å². The molecule has 2 aromatic rings. The standard InChI is InChI=1S/C18H14BrNO5/c19-12-5-7-13(8-6-12)24-9-10-25-16(21)11-20-15-4-2-1-3-14(15)17(22)18(20)23/h1-8H,9-11H2. The summed E-state index contributed by atoms with van der Waals surface area (Å²) in [7, 11) is 0. The first-order chi connectivity index (χ1) is 12.1. The molecule has 1 aliphatic rings. The molecule has 0 fully saturated rings. The van der Waals surface area contributed by atoms with Gasteiger partial charge in [0, 0.05) is 4.47 Å². The summed E-state index contributed by atoms with van der Waals surface area (Å²) in [5, 5.41) is 0. The van der Waals surface area contributed by atoms with Crippen LogP contribution in [-0.4, -0.2) is 37.4 Å². The number of ether oxygens (including phenoxy) is 2. The Morgan fingerprint density at radius 2 is 1.72 bits per heavy atom. The Morgan fingerprint density at radius 3 is 2.48 bits per heavy atom. The van der Waals surface area contributed by atoms with Crippen molar-refractivity contribution in [1.82, 2.24) is 0 Å². The molecule has 0 N–H and O–H groups in total. The summed E-state index contributed by atoms with van der Waals surface area (Å²) in [5.74, 6) is -1.27. The molecule has 6 nitrogen and oxygen atoms in total. The second kappa shape index (κ2) is 7.48. The molecule has 0 aliphatic carbocycles. The monoisotopic (exact) mass is 403 g/mol. The zero-order valence-electron chi connectivity index (χ0n) is 13.1. The van der Waals surface area contributed by atoms with E-state index in [4.69, 9.17) is 9.47 Å². The molecule has 0 unspecified atom stereocenters. The van der Waals surface area contributed by atoms with Crippen molar-refractivity contribution in [2.45, 2.75) is 0 Å². The minimum absolute atomic E-state index is 0.0481. The van der Waals surface area contributed by atoms with Crippen LogP contribution in [0, 0.1) is 0 Å². The Kier molecular flexibility index (Phi) is 5.14. The SMILES string of the molecule is O=C(CN1C(=O)C(=O)c2ccccc21)OCCOc1ccc(Br)cc1. The molecule has 1 aliphatic heterocycles. The van der Waals surface area contributed by atoms with Crippen LogP contribution >= 0.6 is 15.9 Å². The zero-order valence-corrected chi connectivity index (χ0v) is 14.7. The summed E-state index contributed by atoms with van der Waals surface area (Å²) < 4.78 is 11.5. The number of hydrogen-bond acceptors (Lipinski definition) is 5. The van der Waals surface area contributed by atoms with Gasteiger partial charge in [0.1, 0.15) is 25.5 Å². The Labute approximate surface area is 152 Å². The molecule has 0 spiro atoms. The van der Waals surface area contributed by atoms with Gasteiger partial charge in [-0.25, -0.2) is 0 Å². The van der Waals surface area contributed by atoms with Crippen molar-refractivity contribution in [2.75, 3.05) is 24.7 Å². The van der Waals surface area contributed by atoms with Crippen molar-refractivity contribution >= 4 is 39.3 Å².